The second-order valence-electron chi connectivity index (χ2n) is 7.21. The summed E-state index contributed by atoms with van der Waals surface area (Å²) in [6.07, 6.45) is 6.69. The summed E-state index contributed by atoms with van der Waals surface area (Å²) in [5.41, 5.74) is 3.18. The zero-order chi connectivity index (χ0) is 18.6. The molecule has 0 aliphatic heterocycles. The highest BCUT2D eigenvalue weighted by Gasteiger charge is 2.16. The molecular weight excluding hydrogens is 358 g/mol. The maximum absolute atomic E-state index is 5.99. The van der Waals surface area contributed by atoms with Crippen LogP contribution in [0.3, 0.4) is 0 Å². The lowest BCUT2D eigenvalue weighted by Gasteiger charge is -2.22. The number of benzene rings is 2. The van der Waals surface area contributed by atoms with Crippen LogP contribution in [0.15, 0.2) is 52.9 Å². The molecule has 140 valence electrons. The molecular formula is C23H24ClNO2. The molecule has 1 heterocycles. The minimum Gasteiger partial charge on any atom is -0.487 e. The summed E-state index contributed by atoms with van der Waals surface area (Å²) >= 11 is 5.98. The van der Waals surface area contributed by atoms with E-state index < -0.39 is 0 Å². The average molecular weight is 382 g/mol. The van der Waals surface area contributed by atoms with Gasteiger partial charge in [-0.2, -0.15) is 0 Å². The van der Waals surface area contributed by atoms with Gasteiger partial charge >= 0.3 is 0 Å². The lowest BCUT2D eigenvalue weighted by molar-refractivity contribution is 0.301. The molecule has 0 spiro atoms. The smallest absolute Gasteiger partial charge is 0.192 e. The zero-order valence-electron chi connectivity index (χ0n) is 15.6. The second kappa shape index (κ2) is 8.18. The van der Waals surface area contributed by atoms with E-state index in [4.69, 9.17) is 20.8 Å². The molecule has 0 amide bonds. The Morgan fingerprint density at radius 3 is 2.41 bits per heavy atom. The number of aromatic nitrogens is 1. The number of rotatable bonds is 5. The van der Waals surface area contributed by atoms with E-state index in [0.717, 1.165) is 22.8 Å². The number of oxazole rings is 1. The minimum absolute atomic E-state index is 0.373. The summed E-state index contributed by atoms with van der Waals surface area (Å²) in [4.78, 5) is 4.49. The van der Waals surface area contributed by atoms with Crippen LogP contribution in [0.1, 0.15) is 55.2 Å². The Bertz CT molecular complexity index is 878. The van der Waals surface area contributed by atoms with E-state index in [1.165, 1.54) is 37.7 Å². The molecule has 3 aromatic rings. The van der Waals surface area contributed by atoms with E-state index in [1.807, 2.05) is 31.2 Å². The summed E-state index contributed by atoms with van der Waals surface area (Å²) in [5, 5.41) is 0.700. The Morgan fingerprint density at radius 2 is 1.70 bits per heavy atom. The first kappa shape index (κ1) is 18.1. The number of ether oxygens (including phenoxy) is 1. The maximum atomic E-state index is 5.99. The summed E-state index contributed by atoms with van der Waals surface area (Å²) in [7, 11) is 0. The van der Waals surface area contributed by atoms with E-state index >= 15 is 0 Å². The Balaban J connectivity index is 1.45. The van der Waals surface area contributed by atoms with Crippen molar-refractivity contribution in [1.82, 2.24) is 4.98 Å². The van der Waals surface area contributed by atoms with Gasteiger partial charge in [0.05, 0.1) is 0 Å². The van der Waals surface area contributed by atoms with E-state index in [-0.39, 0.29) is 0 Å². The molecule has 27 heavy (non-hydrogen) atoms. The zero-order valence-corrected chi connectivity index (χ0v) is 16.3. The highest BCUT2D eigenvalue weighted by Crippen LogP contribution is 2.33. The van der Waals surface area contributed by atoms with E-state index in [0.29, 0.717) is 23.4 Å². The van der Waals surface area contributed by atoms with Gasteiger partial charge in [0.2, 0.25) is 0 Å². The number of hydrogen-bond acceptors (Lipinski definition) is 3. The van der Waals surface area contributed by atoms with Crippen LogP contribution in [0.4, 0.5) is 0 Å². The fraction of sp³-hybridized carbons (Fsp3) is 0.348. The summed E-state index contributed by atoms with van der Waals surface area (Å²) in [6, 6.07) is 16.1. The van der Waals surface area contributed by atoms with Crippen molar-refractivity contribution < 1.29 is 9.15 Å². The third kappa shape index (κ3) is 4.36. The summed E-state index contributed by atoms with van der Waals surface area (Å²) < 4.78 is 11.8. The largest absolute Gasteiger partial charge is 0.487 e. The lowest BCUT2D eigenvalue weighted by atomic mass is 9.84. The van der Waals surface area contributed by atoms with Crippen LogP contribution in [0.25, 0.3) is 11.3 Å². The van der Waals surface area contributed by atoms with Gasteiger partial charge in [0.25, 0.3) is 0 Å². The van der Waals surface area contributed by atoms with Gasteiger partial charge in [-0.15, -0.1) is 0 Å². The van der Waals surface area contributed by atoms with Crippen molar-refractivity contribution in [3.63, 3.8) is 0 Å². The first-order chi connectivity index (χ1) is 13.2. The SMILES string of the molecule is Cc1nc(COc2ccc(C3CCCCC3)cc2)c(-c2ccc(Cl)cc2)o1. The molecule has 1 fully saturated rings. The number of aryl methyl sites for hydroxylation is 1. The molecule has 3 nitrogen and oxygen atoms in total. The fourth-order valence-electron chi connectivity index (χ4n) is 3.82. The first-order valence-corrected chi connectivity index (χ1v) is 10.0. The molecule has 0 unspecified atom stereocenters. The number of hydrogen-bond donors (Lipinski definition) is 0. The Kier molecular flexibility index (Phi) is 5.49. The van der Waals surface area contributed by atoms with Crippen LogP contribution in [0.2, 0.25) is 5.02 Å². The molecule has 4 heteroatoms. The molecule has 2 aromatic carbocycles. The molecule has 0 saturated heterocycles. The van der Waals surface area contributed by atoms with Gasteiger partial charge in [0.15, 0.2) is 11.7 Å². The van der Waals surface area contributed by atoms with Crippen LogP contribution in [-0.4, -0.2) is 4.98 Å². The van der Waals surface area contributed by atoms with Crippen molar-refractivity contribution in [3.05, 3.63) is 70.7 Å². The molecule has 0 N–H and O–H groups in total. The highest BCUT2D eigenvalue weighted by atomic mass is 35.5. The summed E-state index contributed by atoms with van der Waals surface area (Å²) in [6.45, 7) is 2.22. The fourth-order valence-corrected chi connectivity index (χ4v) is 3.94. The van der Waals surface area contributed by atoms with Crippen molar-refractivity contribution in [2.45, 2.75) is 51.6 Å². The third-order valence-corrected chi connectivity index (χ3v) is 5.49. The van der Waals surface area contributed by atoms with Crippen molar-refractivity contribution >= 4 is 11.6 Å². The third-order valence-electron chi connectivity index (χ3n) is 5.24. The molecule has 1 aromatic heterocycles. The van der Waals surface area contributed by atoms with E-state index in [2.05, 4.69) is 29.2 Å². The van der Waals surface area contributed by atoms with Crippen LogP contribution < -0.4 is 4.74 Å². The standard InChI is InChI=1S/C23H24ClNO2/c1-16-25-22(23(27-16)19-7-11-20(24)12-8-19)15-26-21-13-9-18(10-14-21)17-5-3-2-4-6-17/h7-14,17H,2-6,15H2,1H3. The molecule has 1 saturated carbocycles. The van der Waals surface area contributed by atoms with Crippen molar-refractivity contribution in [1.29, 1.82) is 0 Å². The van der Waals surface area contributed by atoms with Crippen LogP contribution >= 0.6 is 11.6 Å². The quantitative estimate of drug-likeness (QED) is 0.480. The van der Waals surface area contributed by atoms with Crippen LogP contribution in [-0.2, 0) is 6.61 Å². The van der Waals surface area contributed by atoms with Gasteiger partial charge in [-0.3, -0.25) is 0 Å². The van der Waals surface area contributed by atoms with Gasteiger partial charge in [-0.1, -0.05) is 43.0 Å². The first-order valence-electron chi connectivity index (χ1n) is 9.64. The topological polar surface area (TPSA) is 35.3 Å². The molecule has 0 radical (unpaired) electrons. The normalized spacial score (nSPS) is 15.0. The van der Waals surface area contributed by atoms with Crippen LogP contribution in [0.5, 0.6) is 5.75 Å². The van der Waals surface area contributed by atoms with Gasteiger partial charge in [0.1, 0.15) is 18.1 Å². The number of nitrogens with zero attached hydrogens (tertiary/aromatic N) is 1. The molecule has 4 rings (SSSR count). The van der Waals surface area contributed by atoms with Crippen molar-refractivity contribution in [2.75, 3.05) is 0 Å². The van der Waals surface area contributed by atoms with E-state index in [9.17, 15) is 0 Å². The molecule has 0 atom stereocenters. The Hall–Kier alpha value is -2.26. The van der Waals surface area contributed by atoms with E-state index in [1.54, 1.807) is 0 Å². The summed E-state index contributed by atoms with van der Waals surface area (Å²) in [5.74, 6) is 2.94. The Morgan fingerprint density at radius 1 is 1.00 bits per heavy atom. The average Bonchev–Trinajstić information content (AvgIpc) is 3.08. The lowest BCUT2D eigenvalue weighted by Crippen LogP contribution is -2.04. The van der Waals surface area contributed by atoms with Crippen molar-refractivity contribution in [2.24, 2.45) is 0 Å². The number of halogens is 1. The van der Waals surface area contributed by atoms with Gasteiger partial charge < -0.3 is 9.15 Å². The minimum atomic E-state index is 0.373. The highest BCUT2D eigenvalue weighted by molar-refractivity contribution is 6.30. The molecule has 1 aliphatic carbocycles. The molecule has 0 bridgehead atoms. The second-order valence-corrected chi connectivity index (χ2v) is 7.64. The maximum Gasteiger partial charge on any atom is 0.192 e. The van der Waals surface area contributed by atoms with Gasteiger partial charge in [-0.05, 0) is 60.7 Å². The van der Waals surface area contributed by atoms with Gasteiger partial charge in [-0.25, -0.2) is 4.98 Å². The van der Waals surface area contributed by atoms with Crippen LogP contribution in [0, 0.1) is 6.92 Å². The predicted octanol–water partition coefficient (Wildman–Crippen LogP) is 6.93. The Labute approximate surface area is 165 Å². The van der Waals surface area contributed by atoms with Crippen molar-refractivity contribution in [3.8, 4) is 17.1 Å². The predicted molar refractivity (Wildman–Crippen MR) is 108 cm³/mol. The van der Waals surface area contributed by atoms with Gasteiger partial charge in [0, 0.05) is 17.5 Å². The molecule has 1 aliphatic rings. The monoisotopic (exact) mass is 381 g/mol.